The van der Waals surface area contributed by atoms with Gasteiger partial charge in [-0.2, -0.15) is 11.8 Å². The minimum Gasteiger partial charge on any atom is -0.395 e. The second-order valence-corrected chi connectivity index (χ2v) is 8.99. The highest BCUT2D eigenvalue weighted by molar-refractivity contribution is 7.99. The van der Waals surface area contributed by atoms with E-state index in [1.54, 1.807) is 11.8 Å². The molecule has 0 amide bonds. The highest BCUT2D eigenvalue weighted by Gasteiger charge is 2.53. The van der Waals surface area contributed by atoms with E-state index < -0.39 is 0 Å². The molecule has 116 valence electrons. The molecule has 0 heterocycles. The van der Waals surface area contributed by atoms with Crippen LogP contribution in [0.5, 0.6) is 0 Å². The third kappa shape index (κ3) is 2.66. The van der Waals surface area contributed by atoms with E-state index >= 15 is 0 Å². The van der Waals surface area contributed by atoms with Crippen LogP contribution in [0.2, 0.25) is 0 Å². The van der Waals surface area contributed by atoms with Crippen LogP contribution in [0.25, 0.3) is 0 Å². The van der Waals surface area contributed by atoms with Crippen molar-refractivity contribution < 1.29 is 5.11 Å². The average Bonchev–Trinajstić information content (AvgIpc) is 2.38. The van der Waals surface area contributed by atoms with Gasteiger partial charge in [-0.3, -0.25) is 0 Å². The lowest BCUT2D eigenvalue weighted by Gasteiger charge is -2.59. The lowest BCUT2D eigenvalue weighted by molar-refractivity contribution is -0.0720. The molecule has 20 heavy (non-hydrogen) atoms. The molecule has 0 radical (unpaired) electrons. The summed E-state index contributed by atoms with van der Waals surface area (Å²) in [4.78, 5) is 0. The van der Waals surface area contributed by atoms with Gasteiger partial charge in [-0.1, -0.05) is 0 Å². The quantitative estimate of drug-likeness (QED) is 0.789. The Hall–Kier alpha value is 0.270. The summed E-state index contributed by atoms with van der Waals surface area (Å²) in [6.45, 7) is 4.94. The van der Waals surface area contributed by atoms with Crippen molar-refractivity contribution in [1.82, 2.24) is 5.32 Å². The summed E-state index contributed by atoms with van der Waals surface area (Å²) in [6.07, 6.45) is 11.0. The number of rotatable bonds is 6. The van der Waals surface area contributed by atoms with Crippen molar-refractivity contribution in [2.45, 2.75) is 69.7 Å². The Bertz CT molecular complexity index is 307. The summed E-state index contributed by atoms with van der Waals surface area (Å²) in [5, 5.41) is 13.7. The second-order valence-electron chi connectivity index (χ2n) is 7.91. The Balaban J connectivity index is 1.66. The Morgan fingerprint density at radius 1 is 1.10 bits per heavy atom. The Morgan fingerprint density at radius 3 is 2.00 bits per heavy atom. The number of aliphatic hydroxyl groups is 1. The van der Waals surface area contributed by atoms with Crippen molar-refractivity contribution in [3.63, 3.8) is 0 Å². The minimum absolute atomic E-state index is 0.281. The van der Waals surface area contributed by atoms with Gasteiger partial charge in [0, 0.05) is 17.3 Å². The smallest absolute Gasteiger partial charge is 0.0564 e. The van der Waals surface area contributed by atoms with Gasteiger partial charge >= 0.3 is 0 Å². The standard InChI is InChI=1S/C17H31NOS/c1-11(16(10-19)20-3)18-12(2)17-7-13-4-14(8-17)6-15(5-13)9-17/h11-16,18-19H,4-10H2,1-3H3. The maximum absolute atomic E-state index is 9.48. The second kappa shape index (κ2) is 5.81. The van der Waals surface area contributed by atoms with Crippen molar-refractivity contribution in [3.8, 4) is 0 Å². The summed E-state index contributed by atoms with van der Waals surface area (Å²) < 4.78 is 0. The van der Waals surface area contributed by atoms with E-state index in [1.807, 2.05) is 0 Å². The average molecular weight is 298 g/mol. The van der Waals surface area contributed by atoms with Gasteiger partial charge in [0.1, 0.15) is 0 Å². The van der Waals surface area contributed by atoms with Crippen LogP contribution in [0.3, 0.4) is 0 Å². The highest BCUT2D eigenvalue weighted by Crippen LogP contribution is 2.61. The fourth-order valence-electron chi connectivity index (χ4n) is 5.82. The molecule has 4 rings (SSSR count). The summed E-state index contributed by atoms with van der Waals surface area (Å²) in [6, 6.07) is 1.00. The number of aliphatic hydroxyl groups excluding tert-OH is 1. The molecule has 0 spiro atoms. The first-order valence-corrected chi connectivity index (χ1v) is 9.75. The lowest BCUT2D eigenvalue weighted by Crippen LogP contribution is -2.57. The predicted octanol–water partition coefficient (Wildman–Crippen LogP) is 3.29. The van der Waals surface area contributed by atoms with E-state index in [9.17, 15) is 5.11 Å². The summed E-state index contributed by atoms with van der Waals surface area (Å²) in [7, 11) is 0. The maximum Gasteiger partial charge on any atom is 0.0564 e. The zero-order valence-corrected chi connectivity index (χ0v) is 14.1. The molecule has 4 aliphatic rings. The topological polar surface area (TPSA) is 32.3 Å². The van der Waals surface area contributed by atoms with Crippen molar-refractivity contribution >= 4 is 11.8 Å². The molecule has 3 atom stereocenters. The van der Waals surface area contributed by atoms with Crippen LogP contribution in [0.1, 0.15) is 52.4 Å². The Morgan fingerprint density at radius 2 is 1.60 bits per heavy atom. The predicted molar refractivity (Wildman–Crippen MR) is 87.1 cm³/mol. The van der Waals surface area contributed by atoms with Gasteiger partial charge in [-0.05, 0) is 81.8 Å². The molecule has 0 saturated heterocycles. The fraction of sp³-hybridized carbons (Fsp3) is 1.00. The number of nitrogens with one attached hydrogen (secondary N) is 1. The van der Waals surface area contributed by atoms with E-state index in [-0.39, 0.29) is 6.61 Å². The minimum atomic E-state index is 0.281. The molecule has 4 bridgehead atoms. The summed E-state index contributed by atoms with van der Waals surface area (Å²) in [5.74, 6) is 3.07. The third-order valence-electron chi connectivity index (χ3n) is 6.56. The number of thioether (sulfide) groups is 1. The molecule has 0 aromatic heterocycles. The van der Waals surface area contributed by atoms with Gasteiger partial charge in [0.05, 0.1) is 6.61 Å². The first-order valence-electron chi connectivity index (χ1n) is 8.46. The normalized spacial score (nSPS) is 43.5. The molecule has 4 saturated carbocycles. The SMILES string of the molecule is CSC(CO)C(C)NC(C)C12CC3CC(CC(C3)C1)C2. The molecular weight excluding hydrogens is 266 g/mol. The Kier molecular flexibility index (Phi) is 4.41. The first-order chi connectivity index (χ1) is 9.56. The first kappa shape index (κ1) is 15.2. The van der Waals surface area contributed by atoms with Crippen LogP contribution in [0.4, 0.5) is 0 Å². The van der Waals surface area contributed by atoms with Gasteiger partial charge in [0.25, 0.3) is 0 Å². The van der Waals surface area contributed by atoms with E-state index in [4.69, 9.17) is 0 Å². The van der Waals surface area contributed by atoms with Gasteiger partial charge < -0.3 is 10.4 Å². The monoisotopic (exact) mass is 297 g/mol. The lowest BCUT2D eigenvalue weighted by atomic mass is 9.48. The van der Waals surface area contributed by atoms with E-state index in [0.717, 1.165) is 17.8 Å². The molecule has 3 heteroatoms. The molecule has 0 aromatic rings. The van der Waals surface area contributed by atoms with Gasteiger partial charge in [0.15, 0.2) is 0 Å². The summed E-state index contributed by atoms with van der Waals surface area (Å²) in [5.41, 5.74) is 0.571. The van der Waals surface area contributed by atoms with Crippen LogP contribution < -0.4 is 5.32 Å². The van der Waals surface area contributed by atoms with Crippen LogP contribution in [0, 0.1) is 23.2 Å². The molecule has 3 unspecified atom stereocenters. The van der Waals surface area contributed by atoms with Crippen molar-refractivity contribution in [1.29, 1.82) is 0 Å². The van der Waals surface area contributed by atoms with Crippen LogP contribution in [0.15, 0.2) is 0 Å². The van der Waals surface area contributed by atoms with E-state index in [1.165, 1.54) is 38.5 Å². The number of hydrogen-bond acceptors (Lipinski definition) is 3. The van der Waals surface area contributed by atoms with Crippen LogP contribution >= 0.6 is 11.8 Å². The third-order valence-corrected chi connectivity index (χ3v) is 7.72. The molecule has 0 aromatic carbocycles. The van der Waals surface area contributed by atoms with E-state index in [2.05, 4.69) is 25.4 Å². The van der Waals surface area contributed by atoms with Gasteiger partial charge in [0.2, 0.25) is 0 Å². The van der Waals surface area contributed by atoms with E-state index in [0.29, 0.717) is 22.7 Å². The van der Waals surface area contributed by atoms with Gasteiger partial charge in [-0.15, -0.1) is 0 Å². The maximum atomic E-state index is 9.48. The number of hydrogen-bond donors (Lipinski definition) is 2. The zero-order valence-electron chi connectivity index (χ0n) is 13.3. The Labute approximate surface area is 128 Å². The molecular formula is C17H31NOS. The summed E-state index contributed by atoms with van der Waals surface area (Å²) >= 11 is 1.78. The largest absolute Gasteiger partial charge is 0.395 e. The highest BCUT2D eigenvalue weighted by atomic mass is 32.2. The van der Waals surface area contributed by atoms with Crippen LogP contribution in [-0.2, 0) is 0 Å². The molecule has 2 nitrogen and oxygen atoms in total. The van der Waals surface area contributed by atoms with Crippen molar-refractivity contribution in [2.24, 2.45) is 23.2 Å². The van der Waals surface area contributed by atoms with Crippen molar-refractivity contribution in [3.05, 3.63) is 0 Å². The molecule has 0 aliphatic heterocycles. The zero-order chi connectivity index (χ0) is 14.3. The van der Waals surface area contributed by atoms with Crippen LogP contribution in [-0.4, -0.2) is 35.3 Å². The fourth-order valence-corrected chi connectivity index (χ4v) is 6.46. The molecule has 4 fully saturated rings. The van der Waals surface area contributed by atoms with Crippen molar-refractivity contribution in [2.75, 3.05) is 12.9 Å². The molecule has 4 aliphatic carbocycles. The molecule has 2 N–H and O–H groups in total. The van der Waals surface area contributed by atoms with Gasteiger partial charge in [-0.25, -0.2) is 0 Å².